The summed E-state index contributed by atoms with van der Waals surface area (Å²) in [6.07, 6.45) is 1.50. The number of benzene rings is 1. The Morgan fingerprint density at radius 3 is 2.52 bits per heavy atom. The predicted octanol–water partition coefficient (Wildman–Crippen LogP) is 1.20. The highest BCUT2D eigenvalue weighted by Crippen LogP contribution is 2.18. The van der Waals surface area contributed by atoms with Crippen LogP contribution >= 0.6 is 0 Å². The largest absolute Gasteiger partial charge is 0.316 e. The highest BCUT2D eigenvalue weighted by Gasteiger charge is 2.17. The Morgan fingerprint density at radius 1 is 1.24 bits per heavy atom. The van der Waals surface area contributed by atoms with Gasteiger partial charge in [-0.25, -0.2) is 13.1 Å². The van der Waals surface area contributed by atoms with Crippen LogP contribution in [-0.2, 0) is 23.0 Å². The third-order valence-corrected chi connectivity index (χ3v) is 4.80. The second-order valence-corrected chi connectivity index (χ2v) is 7.12. The molecule has 5 nitrogen and oxygen atoms in total. The van der Waals surface area contributed by atoms with Crippen LogP contribution in [0.3, 0.4) is 0 Å². The molecule has 6 heteroatoms. The summed E-state index contributed by atoms with van der Waals surface area (Å²) >= 11 is 0. The fraction of sp³-hybridized carbons (Fsp3) is 0.600. The molecule has 0 aliphatic heterocycles. The zero-order valence-corrected chi connectivity index (χ0v) is 14.3. The molecule has 120 valence electrons. The lowest BCUT2D eigenvalue weighted by Crippen LogP contribution is -2.28. The summed E-state index contributed by atoms with van der Waals surface area (Å²) in [5.41, 5.74) is 1.83. The number of hydrogen-bond acceptors (Lipinski definition) is 4. The molecule has 0 unspecified atom stereocenters. The van der Waals surface area contributed by atoms with Gasteiger partial charge in [0.2, 0.25) is 10.0 Å². The second-order valence-electron chi connectivity index (χ2n) is 5.38. The number of rotatable bonds is 9. The van der Waals surface area contributed by atoms with Crippen LogP contribution in [-0.4, -0.2) is 47.6 Å². The Bertz CT molecular complexity index is 542. The third-order valence-electron chi connectivity index (χ3n) is 3.26. The number of aryl methyl sites for hydroxylation is 1. The van der Waals surface area contributed by atoms with Gasteiger partial charge in [0.15, 0.2) is 0 Å². The van der Waals surface area contributed by atoms with E-state index in [9.17, 15) is 8.42 Å². The van der Waals surface area contributed by atoms with Crippen molar-refractivity contribution in [3.05, 3.63) is 29.3 Å². The normalized spacial score (nSPS) is 12.0. The lowest BCUT2D eigenvalue weighted by molar-refractivity contribution is 0.400. The minimum atomic E-state index is -3.44. The van der Waals surface area contributed by atoms with Gasteiger partial charge in [0.1, 0.15) is 0 Å². The van der Waals surface area contributed by atoms with Crippen LogP contribution in [0.15, 0.2) is 23.1 Å². The molecule has 0 aliphatic carbocycles. The summed E-state index contributed by atoms with van der Waals surface area (Å²) in [5.74, 6) is 0. The molecule has 0 atom stereocenters. The van der Waals surface area contributed by atoms with Gasteiger partial charge >= 0.3 is 0 Å². The summed E-state index contributed by atoms with van der Waals surface area (Å²) in [4.78, 5) is 2.45. The molecule has 0 heterocycles. The maximum absolute atomic E-state index is 12.5. The maximum atomic E-state index is 12.5. The summed E-state index contributed by atoms with van der Waals surface area (Å²) in [6, 6.07) is 5.64. The van der Waals surface area contributed by atoms with Gasteiger partial charge in [-0.1, -0.05) is 19.1 Å². The molecular formula is C15H27N3O2S. The molecule has 0 aliphatic rings. The molecule has 0 bridgehead atoms. The third kappa shape index (κ3) is 5.74. The van der Waals surface area contributed by atoms with Gasteiger partial charge < -0.3 is 10.2 Å². The molecule has 1 aromatic carbocycles. The van der Waals surface area contributed by atoms with Crippen LogP contribution in [0.1, 0.15) is 24.5 Å². The van der Waals surface area contributed by atoms with Gasteiger partial charge in [-0.2, -0.15) is 0 Å². The zero-order chi connectivity index (χ0) is 15.9. The smallest absolute Gasteiger partial charge is 0.240 e. The monoisotopic (exact) mass is 313 g/mol. The fourth-order valence-corrected chi connectivity index (χ4v) is 3.57. The molecule has 2 N–H and O–H groups in total. The first-order chi connectivity index (χ1) is 9.90. The zero-order valence-electron chi connectivity index (χ0n) is 13.4. The van der Waals surface area contributed by atoms with Gasteiger partial charge in [0, 0.05) is 13.1 Å². The second kappa shape index (κ2) is 8.48. The Kier molecular flexibility index (Phi) is 7.31. The van der Waals surface area contributed by atoms with E-state index >= 15 is 0 Å². The topological polar surface area (TPSA) is 61.4 Å². The first-order valence-electron chi connectivity index (χ1n) is 7.31. The molecule has 0 aromatic heterocycles. The van der Waals surface area contributed by atoms with Crippen molar-refractivity contribution in [3.63, 3.8) is 0 Å². The van der Waals surface area contributed by atoms with E-state index in [0.717, 1.165) is 24.1 Å². The van der Waals surface area contributed by atoms with Crippen molar-refractivity contribution in [1.29, 1.82) is 0 Å². The van der Waals surface area contributed by atoms with Crippen molar-refractivity contribution in [3.8, 4) is 0 Å². The SMILES string of the molecule is CCc1ccc(CNC)cc1S(=O)(=O)NCCCN(C)C. The lowest BCUT2D eigenvalue weighted by Gasteiger charge is -2.13. The number of nitrogens with one attached hydrogen (secondary N) is 2. The van der Waals surface area contributed by atoms with E-state index < -0.39 is 10.0 Å². The van der Waals surface area contributed by atoms with Crippen LogP contribution in [0.4, 0.5) is 0 Å². The van der Waals surface area contributed by atoms with Crippen molar-refractivity contribution < 1.29 is 8.42 Å². The quantitative estimate of drug-likeness (QED) is 0.673. The summed E-state index contributed by atoms with van der Waals surface area (Å²) in [7, 11) is 2.36. The highest BCUT2D eigenvalue weighted by atomic mass is 32.2. The summed E-state index contributed by atoms with van der Waals surface area (Å²) in [6.45, 7) is 3.95. The molecule has 0 amide bonds. The Morgan fingerprint density at radius 2 is 1.95 bits per heavy atom. The van der Waals surface area contributed by atoms with E-state index in [4.69, 9.17) is 0 Å². The molecule has 0 fully saturated rings. The first kappa shape index (κ1) is 18.1. The van der Waals surface area contributed by atoms with Crippen molar-refractivity contribution in [2.75, 3.05) is 34.2 Å². The molecular weight excluding hydrogens is 286 g/mol. The highest BCUT2D eigenvalue weighted by molar-refractivity contribution is 7.89. The number of hydrogen-bond donors (Lipinski definition) is 2. The van der Waals surface area contributed by atoms with Gasteiger partial charge in [-0.15, -0.1) is 0 Å². The van der Waals surface area contributed by atoms with Crippen molar-refractivity contribution >= 4 is 10.0 Å². The van der Waals surface area contributed by atoms with E-state index in [1.165, 1.54) is 0 Å². The van der Waals surface area contributed by atoms with Gasteiger partial charge in [-0.3, -0.25) is 0 Å². The summed E-state index contributed by atoms with van der Waals surface area (Å²) in [5, 5.41) is 3.04. The molecule has 1 aromatic rings. The fourth-order valence-electron chi connectivity index (χ4n) is 2.13. The number of sulfonamides is 1. The minimum absolute atomic E-state index is 0.405. The van der Waals surface area contributed by atoms with Crippen LogP contribution in [0.2, 0.25) is 0 Å². The lowest BCUT2D eigenvalue weighted by atomic mass is 10.1. The first-order valence-corrected chi connectivity index (χ1v) is 8.79. The Balaban J connectivity index is 2.87. The standard InChI is InChI=1S/C15H27N3O2S/c1-5-14-8-7-13(12-16-2)11-15(14)21(19,20)17-9-6-10-18(3)4/h7-8,11,16-17H,5-6,9-10,12H2,1-4H3. The minimum Gasteiger partial charge on any atom is -0.316 e. The molecule has 0 spiro atoms. The van der Waals surface area contributed by atoms with Gasteiger partial charge in [0.05, 0.1) is 4.90 Å². The predicted molar refractivity (Wildman–Crippen MR) is 86.9 cm³/mol. The molecule has 0 saturated heterocycles. The van der Waals surface area contributed by atoms with Gasteiger partial charge in [0.25, 0.3) is 0 Å². The van der Waals surface area contributed by atoms with Crippen LogP contribution in [0.25, 0.3) is 0 Å². The average Bonchev–Trinajstić information content (AvgIpc) is 2.44. The molecule has 0 saturated carbocycles. The van der Waals surface area contributed by atoms with Crippen molar-refractivity contribution in [2.24, 2.45) is 0 Å². The van der Waals surface area contributed by atoms with E-state index in [1.807, 2.05) is 45.1 Å². The van der Waals surface area contributed by atoms with E-state index in [0.29, 0.717) is 24.4 Å². The Labute approximate surface area is 128 Å². The van der Waals surface area contributed by atoms with Crippen molar-refractivity contribution in [1.82, 2.24) is 14.9 Å². The van der Waals surface area contributed by atoms with Crippen LogP contribution in [0, 0.1) is 0 Å². The van der Waals surface area contributed by atoms with Crippen LogP contribution < -0.4 is 10.0 Å². The van der Waals surface area contributed by atoms with Gasteiger partial charge in [-0.05, 0) is 57.7 Å². The van der Waals surface area contributed by atoms with Crippen LogP contribution in [0.5, 0.6) is 0 Å². The molecule has 21 heavy (non-hydrogen) atoms. The summed E-state index contributed by atoms with van der Waals surface area (Å²) < 4.78 is 27.6. The van der Waals surface area contributed by atoms with E-state index in [-0.39, 0.29) is 0 Å². The number of nitrogens with zero attached hydrogens (tertiary/aromatic N) is 1. The molecule has 0 radical (unpaired) electrons. The molecule has 1 rings (SSSR count). The average molecular weight is 313 g/mol. The maximum Gasteiger partial charge on any atom is 0.240 e. The van der Waals surface area contributed by atoms with Crippen molar-refractivity contribution in [2.45, 2.75) is 31.2 Å². The van der Waals surface area contributed by atoms with E-state index in [2.05, 4.69) is 10.0 Å². The Hall–Kier alpha value is -0.950. The van der Waals surface area contributed by atoms with E-state index in [1.54, 1.807) is 6.07 Å².